The van der Waals surface area contributed by atoms with Crippen molar-refractivity contribution >= 4 is 9.84 Å². The molecule has 2 aromatic carbocycles. The number of piperidine rings is 1. The standard InChI is InChI=1S/C30H34F2N2O3S/c1-29(2,3)34-14-11-30(12-15-34)10-9-22-16-21(7-8-28(22)37-30)23-17-26(31)25(27(32)18-23)20-38(35,36)19-24-6-4-5-13-33-24/h4-8,13,16-18H,9-12,14-15,19-20H2,1-3H3. The Hall–Kier alpha value is -2.84. The second-order valence-corrected chi connectivity index (χ2v) is 13.6. The molecule has 3 heterocycles. The molecule has 2 aliphatic rings. The number of ether oxygens (including phenoxy) is 1. The minimum atomic E-state index is -3.81. The molecule has 0 amide bonds. The Bertz CT molecular complexity index is 1400. The summed E-state index contributed by atoms with van der Waals surface area (Å²) in [5, 5.41) is 0. The predicted octanol–water partition coefficient (Wildman–Crippen LogP) is 6.10. The highest BCUT2D eigenvalue weighted by molar-refractivity contribution is 7.89. The van der Waals surface area contributed by atoms with Crippen molar-refractivity contribution in [2.45, 2.75) is 69.1 Å². The van der Waals surface area contributed by atoms with Crippen LogP contribution in [0.15, 0.2) is 54.7 Å². The fourth-order valence-electron chi connectivity index (χ4n) is 5.53. The lowest BCUT2D eigenvalue weighted by Crippen LogP contribution is -2.54. The van der Waals surface area contributed by atoms with Crippen molar-refractivity contribution in [1.29, 1.82) is 0 Å². The van der Waals surface area contributed by atoms with Crippen LogP contribution in [0.3, 0.4) is 0 Å². The lowest BCUT2D eigenvalue weighted by molar-refractivity contribution is -0.0355. The first kappa shape index (κ1) is 26.8. The van der Waals surface area contributed by atoms with Crippen molar-refractivity contribution in [2.75, 3.05) is 13.1 Å². The zero-order valence-corrected chi connectivity index (χ0v) is 23.0. The number of aromatic nitrogens is 1. The molecule has 38 heavy (non-hydrogen) atoms. The van der Waals surface area contributed by atoms with E-state index in [1.54, 1.807) is 18.2 Å². The minimum Gasteiger partial charge on any atom is -0.487 e. The van der Waals surface area contributed by atoms with Crippen molar-refractivity contribution < 1.29 is 21.9 Å². The highest BCUT2D eigenvalue weighted by Crippen LogP contribution is 2.42. The molecule has 3 aromatic rings. The fraction of sp³-hybridized carbons (Fsp3) is 0.433. The molecule has 0 atom stereocenters. The van der Waals surface area contributed by atoms with Gasteiger partial charge >= 0.3 is 0 Å². The summed E-state index contributed by atoms with van der Waals surface area (Å²) in [7, 11) is -3.81. The Labute approximate surface area is 223 Å². The van der Waals surface area contributed by atoms with Crippen LogP contribution >= 0.6 is 0 Å². The zero-order valence-electron chi connectivity index (χ0n) is 22.1. The van der Waals surface area contributed by atoms with Crippen molar-refractivity contribution in [2.24, 2.45) is 0 Å². The van der Waals surface area contributed by atoms with E-state index in [1.165, 1.54) is 18.3 Å². The molecule has 1 saturated heterocycles. The highest BCUT2D eigenvalue weighted by Gasteiger charge is 2.41. The van der Waals surface area contributed by atoms with Crippen molar-refractivity contribution in [1.82, 2.24) is 9.88 Å². The van der Waals surface area contributed by atoms with Gasteiger partial charge in [-0.25, -0.2) is 17.2 Å². The molecule has 0 aliphatic carbocycles. The normalized spacial score (nSPS) is 17.7. The van der Waals surface area contributed by atoms with Gasteiger partial charge in [-0.15, -0.1) is 0 Å². The van der Waals surface area contributed by atoms with E-state index in [-0.39, 0.29) is 16.9 Å². The third kappa shape index (κ3) is 5.76. The lowest BCUT2D eigenvalue weighted by atomic mass is 9.81. The van der Waals surface area contributed by atoms with Crippen LogP contribution in [0.4, 0.5) is 8.78 Å². The monoisotopic (exact) mass is 540 g/mol. The van der Waals surface area contributed by atoms with Crippen molar-refractivity contribution in [3.05, 3.63) is 83.2 Å². The summed E-state index contributed by atoms with van der Waals surface area (Å²) in [6, 6.07) is 13.0. The van der Waals surface area contributed by atoms with Crippen molar-refractivity contribution in [3.63, 3.8) is 0 Å². The van der Waals surface area contributed by atoms with Gasteiger partial charge in [-0.1, -0.05) is 12.1 Å². The molecular formula is C30H34F2N2O3S. The maximum atomic E-state index is 15.0. The van der Waals surface area contributed by atoms with Crippen LogP contribution in [0.25, 0.3) is 11.1 Å². The van der Waals surface area contributed by atoms with Gasteiger partial charge in [0, 0.05) is 30.4 Å². The Morgan fingerprint density at radius 3 is 2.29 bits per heavy atom. The van der Waals surface area contributed by atoms with E-state index < -0.39 is 32.8 Å². The van der Waals surface area contributed by atoms with Gasteiger partial charge in [0.1, 0.15) is 23.0 Å². The second-order valence-electron chi connectivity index (χ2n) is 11.5. The smallest absolute Gasteiger partial charge is 0.160 e. The number of fused-ring (bicyclic) bond motifs is 1. The van der Waals surface area contributed by atoms with Crippen LogP contribution in [0.1, 0.15) is 56.9 Å². The van der Waals surface area contributed by atoms with Crippen LogP contribution in [-0.4, -0.2) is 42.5 Å². The number of hydrogen-bond acceptors (Lipinski definition) is 5. The fourth-order valence-corrected chi connectivity index (χ4v) is 6.96. The Kier molecular flexibility index (Phi) is 7.07. The molecule has 0 radical (unpaired) electrons. The zero-order chi connectivity index (χ0) is 27.1. The van der Waals surface area contributed by atoms with E-state index >= 15 is 8.78 Å². The SMILES string of the molecule is CC(C)(C)N1CCC2(CCc3cc(-c4cc(F)c(CS(=O)(=O)Cc5ccccn5)c(F)c4)ccc3O2)CC1. The van der Waals surface area contributed by atoms with Crippen LogP contribution in [0.2, 0.25) is 0 Å². The molecule has 0 N–H and O–H groups in total. The summed E-state index contributed by atoms with van der Waals surface area (Å²) in [5.74, 6) is -2.02. The summed E-state index contributed by atoms with van der Waals surface area (Å²) in [6.45, 7) is 8.72. The number of rotatable bonds is 5. The Morgan fingerprint density at radius 2 is 1.66 bits per heavy atom. The van der Waals surface area contributed by atoms with Crippen molar-refractivity contribution in [3.8, 4) is 16.9 Å². The molecule has 202 valence electrons. The van der Waals surface area contributed by atoms with Gasteiger partial charge in [-0.2, -0.15) is 0 Å². The van der Waals surface area contributed by atoms with E-state index in [2.05, 4.69) is 30.7 Å². The summed E-state index contributed by atoms with van der Waals surface area (Å²) in [4.78, 5) is 6.50. The topological polar surface area (TPSA) is 59.5 Å². The summed E-state index contributed by atoms with van der Waals surface area (Å²) in [5.41, 5.74) is 1.94. The highest BCUT2D eigenvalue weighted by atomic mass is 32.2. The predicted molar refractivity (Wildman–Crippen MR) is 145 cm³/mol. The van der Waals surface area contributed by atoms with Crippen LogP contribution in [0, 0.1) is 11.6 Å². The summed E-state index contributed by atoms with van der Waals surface area (Å²) >= 11 is 0. The Balaban J connectivity index is 1.31. The van der Waals surface area contributed by atoms with Crippen LogP contribution in [-0.2, 0) is 27.8 Å². The number of aryl methyl sites for hydroxylation is 1. The number of hydrogen-bond donors (Lipinski definition) is 0. The first-order valence-corrected chi connectivity index (χ1v) is 14.9. The van der Waals surface area contributed by atoms with Gasteiger partial charge in [0.05, 0.1) is 17.2 Å². The molecule has 0 unspecified atom stereocenters. The molecule has 8 heteroatoms. The molecule has 5 rings (SSSR count). The van der Waals surface area contributed by atoms with Gasteiger partial charge in [-0.05, 0) is 99.5 Å². The van der Waals surface area contributed by atoms with Gasteiger partial charge in [0.2, 0.25) is 0 Å². The molecule has 0 bridgehead atoms. The summed E-state index contributed by atoms with van der Waals surface area (Å²) < 4.78 is 61.7. The number of nitrogens with zero attached hydrogens (tertiary/aromatic N) is 2. The lowest BCUT2D eigenvalue weighted by Gasteiger charge is -2.48. The maximum absolute atomic E-state index is 15.0. The third-order valence-electron chi connectivity index (χ3n) is 7.79. The molecule has 1 fully saturated rings. The molecule has 5 nitrogen and oxygen atoms in total. The van der Waals surface area contributed by atoms with Gasteiger partial charge in [0.15, 0.2) is 9.84 Å². The number of benzene rings is 2. The quantitative estimate of drug-likeness (QED) is 0.391. The largest absolute Gasteiger partial charge is 0.487 e. The Morgan fingerprint density at radius 1 is 0.947 bits per heavy atom. The van der Waals surface area contributed by atoms with Gasteiger partial charge in [-0.3, -0.25) is 9.88 Å². The average molecular weight is 541 g/mol. The maximum Gasteiger partial charge on any atom is 0.160 e. The van der Waals surface area contributed by atoms with Gasteiger partial charge in [0.25, 0.3) is 0 Å². The van der Waals surface area contributed by atoms with E-state index in [4.69, 9.17) is 4.74 Å². The number of halogens is 2. The van der Waals surface area contributed by atoms with Crippen LogP contribution in [0.5, 0.6) is 5.75 Å². The number of pyridine rings is 1. The van der Waals surface area contributed by atoms with E-state index in [9.17, 15) is 8.42 Å². The van der Waals surface area contributed by atoms with E-state index in [1.807, 2.05) is 18.2 Å². The molecular weight excluding hydrogens is 506 g/mol. The molecule has 0 saturated carbocycles. The van der Waals surface area contributed by atoms with Crippen LogP contribution < -0.4 is 4.74 Å². The second kappa shape index (κ2) is 10.0. The van der Waals surface area contributed by atoms with E-state index in [0.29, 0.717) is 16.8 Å². The van der Waals surface area contributed by atoms with E-state index in [0.717, 1.165) is 50.1 Å². The van der Waals surface area contributed by atoms with Gasteiger partial charge < -0.3 is 4.74 Å². The first-order chi connectivity index (χ1) is 17.9. The third-order valence-corrected chi connectivity index (χ3v) is 9.26. The molecule has 1 aromatic heterocycles. The number of sulfone groups is 1. The molecule has 1 spiro atoms. The first-order valence-electron chi connectivity index (χ1n) is 13.1. The summed E-state index contributed by atoms with van der Waals surface area (Å²) in [6.07, 6.45) is 5.20. The number of likely N-dealkylation sites (tertiary alicyclic amines) is 1. The minimum absolute atomic E-state index is 0.145. The molecule has 2 aliphatic heterocycles. The average Bonchev–Trinajstić information content (AvgIpc) is 2.86.